The van der Waals surface area contributed by atoms with Gasteiger partial charge in [0.15, 0.2) is 4.34 Å². The second-order valence-corrected chi connectivity index (χ2v) is 7.97. The topological polar surface area (TPSA) is 96.0 Å². The molecule has 0 aliphatic carbocycles. The molecule has 1 aromatic heterocycles. The minimum atomic E-state index is -0.491. The number of nitrogens with zero attached hydrogens (tertiary/aromatic N) is 2. The van der Waals surface area contributed by atoms with Gasteiger partial charge in [0.05, 0.1) is 5.25 Å². The van der Waals surface area contributed by atoms with Gasteiger partial charge in [-0.25, -0.2) is 4.79 Å². The van der Waals surface area contributed by atoms with Crippen LogP contribution in [0.25, 0.3) is 0 Å². The molecule has 0 bridgehead atoms. The molecule has 1 aromatic carbocycles. The lowest BCUT2D eigenvalue weighted by Crippen LogP contribution is -2.42. The number of benzene rings is 1. The van der Waals surface area contributed by atoms with Crippen molar-refractivity contribution >= 4 is 45.9 Å². The molecule has 25 heavy (non-hydrogen) atoms. The molecule has 0 fully saturated rings. The summed E-state index contributed by atoms with van der Waals surface area (Å²) in [5, 5.41) is 16.4. The van der Waals surface area contributed by atoms with Crippen LogP contribution in [0.5, 0.6) is 0 Å². The lowest BCUT2D eigenvalue weighted by molar-refractivity contribution is -0.119. The number of carbonyl (C=O) groups is 2. The number of aromatic nitrogens is 2. The van der Waals surface area contributed by atoms with E-state index in [1.807, 2.05) is 18.2 Å². The van der Waals surface area contributed by atoms with Crippen molar-refractivity contribution in [3.05, 3.63) is 29.3 Å². The summed E-state index contributed by atoms with van der Waals surface area (Å²) in [7, 11) is 0. The molecule has 3 N–H and O–H groups in total. The van der Waals surface area contributed by atoms with Crippen LogP contribution >= 0.6 is 23.1 Å². The molecule has 0 saturated carbocycles. The molecule has 0 spiro atoms. The third kappa shape index (κ3) is 5.71. The van der Waals surface area contributed by atoms with Crippen molar-refractivity contribution in [3.8, 4) is 0 Å². The molecule has 134 valence electrons. The number of hydrogen-bond donors (Lipinski definition) is 3. The van der Waals surface area contributed by atoms with Crippen molar-refractivity contribution in [2.24, 2.45) is 0 Å². The van der Waals surface area contributed by atoms with Gasteiger partial charge in [0, 0.05) is 12.2 Å². The molecule has 0 unspecified atom stereocenters. The highest BCUT2D eigenvalue weighted by atomic mass is 32.2. The molecule has 3 amide bonds. The van der Waals surface area contributed by atoms with Crippen molar-refractivity contribution in [3.63, 3.8) is 0 Å². The van der Waals surface area contributed by atoms with Crippen molar-refractivity contribution in [1.29, 1.82) is 0 Å². The second kappa shape index (κ2) is 8.82. The maximum atomic E-state index is 11.9. The quantitative estimate of drug-likeness (QED) is 0.667. The summed E-state index contributed by atoms with van der Waals surface area (Å²) in [6, 6.07) is 5.59. The Labute approximate surface area is 155 Å². The first kappa shape index (κ1) is 19.2. The van der Waals surface area contributed by atoms with Crippen LogP contribution in [0, 0.1) is 13.8 Å². The Kier molecular flexibility index (Phi) is 6.77. The Balaban J connectivity index is 1.93. The Bertz CT molecular complexity index is 763. The van der Waals surface area contributed by atoms with E-state index in [0.29, 0.717) is 16.0 Å². The van der Waals surface area contributed by atoms with Gasteiger partial charge in [-0.05, 0) is 51.0 Å². The summed E-state index contributed by atoms with van der Waals surface area (Å²) >= 11 is 2.62. The largest absolute Gasteiger partial charge is 0.338 e. The van der Waals surface area contributed by atoms with Crippen LogP contribution in [0.4, 0.5) is 15.6 Å². The summed E-state index contributed by atoms with van der Waals surface area (Å²) in [6.07, 6.45) is 0. The number of nitrogens with one attached hydrogen (secondary N) is 3. The average molecular weight is 380 g/mol. The molecule has 2 aromatic rings. The van der Waals surface area contributed by atoms with E-state index < -0.39 is 11.3 Å². The summed E-state index contributed by atoms with van der Waals surface area (Å²) in [6.45, 7) is 8.08. The fourth-order valence-electron chi connectivity index (χ4n) is 1.87. The number of carbonyl (C=O) groups excluding carboxylic acids is 2. The summed E-state index contributed by atoms with van der Waals surface area (Å²) in [5.41, 5.74) is 3.36. The van der Waals surface area contributed by atoms with E-state index in [-0.39, 0.29) is 5.91 Å². The molecule has 0 radical (unpaired) electrons. The number of thioether (sulfide) groups is 1. The second-order valence-electron chi connectivity index (χ2n) is 5.41. The van der Waals surface area contributed by atoms with Crippen molar-refractivity contribution in [1.82, 2.24) is 20.8 Å². The number of hydrogen-bond acceptors (Lipinski definition) is 7. The normalized spacial score (nSPS) is 11.7. The van der Waals surface area contributed by atoms with Gasteiger partial charge in [-0.2, -0.15) is 0 Å². The van der Waals surface area contributed by atoms with E-state index in [2.05, 4.69) is 40.0 Å². The van der Waals surface area contributed by atoms with Crippen LogP contribution in [-0.2, 0) is 4.79 Å². The van der Waals surface area contributed by atoms with Crippen LogP contribution in [-0.4, -0.2) is 33.9 Å². The Morgan fingerprint density at radius 2 is 2.00 bits per heavy atom. The fraction of sp³-hybridized carbons (Fsp3) is 0.375. The zero-order valence-electron chi connectivity index (χ0n) is 14.5. The molecule has 0 aliphatic heterocycles. The van der Waals surface area contributed by atoms with Crippen molar-refractivity contribution in [2.75, 3.05) is 11.9 Å². The van der Waals surface area contributed by atoms with Gasteiger partial charge >= 0.3 is 6.03 Å². The van der Waals surface area contributed by atoms with E-state index in [0.717, 1.165) is 5.69 Å². The SMILES string of the molecule is CCNC(=O)NC(=O)[C@H](C)Sc1nnc(Nc2ccc(C)c(C)c2)s1. The molecule has 0 aliphatic rings. The van der Waals surface area contributed by atoms with Gasteiger partial charge in [0.1, 0.15) is 0 Å². The van der Waals surface area contributed by atoms with Crippen LogP contribution in [0.15, 0.2) is 22.5 Å². The maximum Gasteiger partial charge on any atom is 0.321 e. The predicted molar refractivity (Wildman–Crippen MR) is 102 cm³/mol. The summed E-state index contributed by atoms with van der Waals surface area (Å²) in [5.74, 6) is -0.366. The third-order valence-electron chi connectivity index (χ3n) is 3.39. The Morgan fingerprint density at radius 1 is 1.24 bits per heavy atom. The van der Waals surface area contributed by atoms with Crippen LogP contribution in [0.1, 0.15) is 25.0 Å². The first-order chi connectivity index (χ1) is 11.9. The molecule has 0 saturated heterocycles. The van der Waals surface area contributed by atoms with Gasteiger partial charge < -0.3 is 10.6 Å². The maximum absolute atomic E-state index is 11.9. The van der Waals surface area contributed by atoms with E-state index in [1.165, 1.54) is 34.2 Å². The van der Waals surface area contributed by atoms with E-state index >= 15 is 0 Å². The first-order valence-electron chi connectivity index (χ1n) is 7.82. The number of urea groups is 1. The van der Waals surface area contributed by atoms with Gasteiger partial charge in [0.2, 0.25) is 11.0 Å². The van der Waals surface area contributed by atoms with Crippen molar-refractivity contribution in [2.45, 2.75) is 37.3 Å². The van der Waals surface area contributed by atoms with Crippen LogP contribution in [0.3, 0.4) is 0 Å². The molecule has 9 heteroatoms. The van der Waals surface area contributed by atoms with E-state index in [9.17, 15) is 9.59 Å². The third-order valence-corrected chi connectivity index (χ3v) is 5.41. The van der Waals surface area contributed by atoms with E-state index in [4.69, 9.17) is 0 Å². The number of imide groups is 1. The van der Waals surface area contributed by atoms with Gasteiger partial charge in [0.25, 0.3) is 0 Å². The molecule has 7 nitrogen and oxygen atoms in total. The number of amides is 3. The molecule has 1 atom stereocenters. The van der Waals surface area contributed by atoms with E-state index in [1.54, 1.807) is 13.8 Å². The monoisotopic (exact) mass is 379 g/mol. The summed E-state index contributed by atoms with van der Waals surface area (Å²) in [4.78, 5) is 23.3. The molecular formula is C16H21N5O2S2. The zero-order valence-corrected chi connectivity index (χ0v) is 16.2. The lowest BCUT2D eigenvalue weighted by atomic mass is 10.1. The highest BCUT2D eigenvalue weighted by Gasteiger charge is 2.19. The predicted octanol–water partition coefficient (Wildman–Crippen LogP) is 3.22. The number of rotatable bonds is 6. The zero-order chi connectivity index (χ0) is 18.4. The molecular weight excluding hydrogens is 358 g/mol. The van der Waals surface area contributed by atoms with Crippen LogP contribution in [0.2, 0.25) is 0 Å². The standard InChI is InChI=1S/C16H21N5O2S2/c1-5-17-14(23)19-13(22)11(4)24-16-21-20-15(25-16)18-12-7-6-9(2)10(3)8-12/h6-8,11H,5H2,1-4H3,(H,18,20)(H2,17,19,22,23)/t11-/m0/s1. The van der Waals surface area contributed by atoms with Gasteiger partial charge in [-0.3, -0.25) is 10.1 Å². The number of anilines is 2. The molecule has 2 rings (SSSR count). The minimum absolute atomic E-state index is 0.366. The van der Waals surface area contributed by atoms with Gasteiger partial charge in [-0.15, -0.1) is 10.2 Å². The highest BCUT2D eigenvalue weighted by Crippen LogP contribution is 2.30. The smallest absolute Gasteiger partial charge is 0.321 e. The summed E-state index contributed by atoms with van der Waals surface area (Å²) < 4.78 is 0.657. The van der Waals surface area contributed by atoms with Crippen LogP contribution < -0.4 is 16.0 Å². The highest BCUT2D eigenvalue weighted by molar-refractivity contribution is 8.02. The average Bonchev–Trinajstić information content (AvgIpc) is 2.98. The molecule has 1 heterocycles. The fourth-order valence-corrected chi connectivity index (χ4v) is 3.79. The van der Waals surface area contributed by atoms with Gasteiger partial charge in [-0.1, -0.05) is 29.2 Å². The lowest BCUT2D eigenvalue weighted by Gasteiger charge is -2.09. The number of aryl methyl sites for hydroxylation is 2. The Hall–Kier alpha value is -2.13. The Morgan fingerprint density at radius 3 is 2.68 bits per heavy atom. The minimum Gasteiger partial charge on any atom is -0.338 e. The van der Waals surface area contributed by atoms with Crippen molar-refractivity contribution < 1.29 is 9.59 Å². The first-order valence-corrected chi connectivity index (χ1v) is 9.51.